The highest BCUT2D eigenvalue weighted by Crippen LogP contribution is 2.23. The Hall–Kier alpha value is -1.47. The van der Waals surface area contributed by atoms with Crippen molar-refractivity contribution in [3.63, 3.8) is 0 Å². The highest BCUT2D eigenvalue weighted by Gasteiger charge is 2.23. The molecular weight excluding hydrogens is 286 g/mol. The molecule has 1 aliphatic heterocycles. The van der Waals surface area contributed by atoms with Crippen molar-refractivity contribution in [3.05, 3.63) is 16.4 Å². The summed E-state index contributed by atoms with van der Waals surface area (Å²) in [6.45, 7) is 6.87. The first-order chi connectivity index (χ1) is 10.0. The van der Waals surface area contributed by atoms with Gasteiger partial charge in [-0.2, -0.15) is 5.10 Å². The zero-order valence-electron chi connectivity index (χ0n) is 12.5. The number of aryl methyl sites for hydroxylation is 2. The highest BCUT2D eigenvalue weighted by atomic mass is 32.1. The summed E-state index contributed by atoms with van der Waals surface area (Å²) in [7, 11) is 0. The normalized spacial score (nSPS) is 20.2. The van der Waals surface area contributed by atoms with E-state index in [1.807, 2.05) is 18.4 Å². The number of rotatable bonds is 4. The van der Waals surface area contributed by atoms with E-state index in [2.05, 4.69) is 15.0 Å². The summed E-state index contributed by atoms with van der Waals surface area (Å²) in [5.74, 6) is 0.192. The molecule has 2 aromatic heterocycles. The highest BCUT2D eigenvalue weighted by molar-refractivity contribution is 7.16. The largest absolute Gasteiger partial charge is 0.370 e. The lowest BCUT2D eigenvalue weighted by atomic mass is 9.94. The van der Waals surface area contributed by atoms with Crippen LogP contribution in [-0.2, 0) is 11.3 Å². The van der Waals surface area contributed by atoms with Crippen LogP contribution in [0, 0.1) is 19.8 Å². The van der Waals surface area contributed by atoms with Gasteiger partial charge in [-0.25, -0.2) is 9.50 Å². The molecular formula is C14H21N5OS. The van der Waals surface area contributed by atoms with Crippen LogP contribution in [0.4, 0.5) is 0 Å². The molecule has 0 bridgehead atoms. The Labute approximate surface area is 128 Å². The second-order valence-electron chi connectivity index (χ2n) is 5.87. The minimum Gasteiger partial charge on any atom is -0.370 e. The van der Waals surface area contributed by atoms with E-state index >= 15 is 0 Å². The number of imidazole rings is 1. The van der Waals surface area contributed by atoms with Crippen molar-refractivity contribution in [3.8, 4) is 0 Å². The minimum atomic E-state index is -0.195. The number of nitrogens with two attached hydrogens (primary N) is 1. The minimum absolute atomic E-state index is 0.195. The van der Waals surface area contributed by atoms with Crippen LogP contribution >= 0.6 is 11.3 Å². The van der Waals surface area contributed by atoms with Gasteiger partial charge in [0.2, 0.25) is 10.9 Å². The van der Waals surface area contributed by atoms with Gasteiger partial charge in [0, 0.05) is 19.5 Å². The second kappa shape index (κ2) is 5.73. The number of primary amides is 1. The average Bonchev–Trinajstić information content (AvgIpc) is 2.87. The Morgan fingerprint density at radius 1 is 1.48 bits per heavy atom. The van der Waals surface area contributed by atoms with E-state index < -0.39 is 0 Å². The van der Waals surface area contributed by atoms with Gasteiger partial charge in [-0.1, -0.05) is 11.3 Å². The summed E-state index contributed by atoms with van der Waals surface area (Å²) in [5, 5.41) is 5.57. The molecule has 1 amide bonds. The molecule has 21 heavy (non-hydrogen) atoms. The molecule has 3 rings (SSSR count). The number of carbonyl (C=O) groups is 1. The number of aromatic nitrogens is 3. The number of hydrogen-bond acceptors (Lipinski definition) is 5. The summed E-state index contributed by atoms with van der Waals surface area (Å²) in [6, 6.07) is 0. The Morgan fingerprint density at radius 2 is 2.29 bits per heavy atom. The van der Waals surface area contributed by atoms with Crippen molar-refractivity contribution in [2.75, 3.05) is 13.1 Å². The van der Waals surface area contributed by atoms with Gasteiger partial charge >= 0.3 is 0 Å². The van der Waals surface area contributed by atoms with Crippen molar-refractivity contribution in [2.45, 2.75) is 39.7 Å². The van der Waals surface area contributed by atoms with Gasteiger partial charge in [-0.05, 0) is 39.2 Å². The number of nitrogens with zero attached hydrogens (tertiary/aromatic N) is 4. The molecule has 1 saturated heterocycles. The van der Waals surface area contributed by atoms with E-state index in [1.54, 1.807) is 11.3 Å². The van der Waals surface area contributed by atoms with E-state index in [0.717, 1.165) is 53.8 Å². The summed E-state index contributed by atoms with van der Waals surface area (Å²) in [4.78, 5) is 19.0. The molecule has 1 unspecified atom stereocenters. The number of likely N-dealkylation sites (tertiary alicyclic amines) is 1. The molecule has 2 aromatic rings. The first-order valence-corrected chi connectivity index (χ1v) is 8.17. The van der Waals surface area contributed by atoms with E-state index in [0.29, 0.717) is 12.3 Å². The monoisotopic (exact) mass is 307 g/mol. The molecule has 3 heterocycles. The zero-order valence-corrected chi connectivity index (χ0v) is 13.3. The second-order valence-corrected chi connectivity index (χ2v) is 7.03. The quantitative estimate of drug-likeness (QED) is 0.928. The number of fused-ring (bicyclic) bond motifs is 1. The molecule has 0 spiro atoms. The third-order valence-corrected chi connectivity index (χ3v) is 4.89. The fourth-order valence-corrected chi connectivity index (χ4v) is 3.93. The van der Waals surface area contributed by atoms with Gasteiger partial charge in [0.15, 0.2) is 0 Å². The lowest BCUT2D eigenvalue weighted by Crippen LogP contribution is -2.37. The molecule has 0 radical (unpaired) electrons. The van der Waals surface area contributed by atoms with Gasteiger partial charge in [0.05, 0.1) is 11.4 Å². The predicted molar refractivity (Wildman–Crippen MR) is 82.2 cm³/mol. The zero-order chi connectivity index (χ0) is 15.0. The smallest absolute Gasteiger partial charge is 0.217 e. The number of amides is 1. The molecule has 1 fully saturated rings. The van der Waals surface area contributed by atoms with E-state index in [1.165, 1.54) is 0 Å². The third-order valence-electron chi connectivity index (χ3n) is 4.06. The van der Waals surface area contributed by atoms with Crippen LogP contribution < -0.4 is 5.73 Å². The lowest BCUT2D eigenvalue weighted by molar-refractivity contribution is -0.119. The summed E-state index contributed by atoms with van der Waals surface area (Å²) in [6.07, 6.45) is 2.71. The fourth-order valence-electron chi connectivity index (χ4n) is 3.13. The molecule has 0 aliphatic carbocycles. The van der Waals surface area contributed by atoms with Crippen LogP contribution in [0.15, 0.2) is 0 Å². The van der Waals surface area contributed by atoms with Crippen LogP contribution in [0.1, 0.15) is 35.7 Å². The van der Waals surface area contributed by atoms with Gasteiger partial charge in [0.1, 0.15) is 5.01 Å². The van der Waals surface area contributed by atoms with Crippen molar-refractivity contribution in [1.82, 2.24) is 19.5 Å². The van der Waals surface area contributed by atoms with Gasteiger partial charge in [0.25, 0.3) is 0 Å². The molecule has 0 saturated carbocycles. The van der Waals surface area contributed by atoms with Gasteiger partial charge in [-0.3, -0.25) is 9.69 Å². The molecule has 114 valence electrons. The van der Waals surface area contributed by atoms with Crippen LogP contribution in [0.2, 0.25) is 0 Å². The standard InChI is InChI=1S/C14H21N5OS/c1-9-12(19-14(16-9)21-10(2)17-19)8-18-5-3-4-11(7-18)6-13(15)20/h11H,3-8H2,1-2H3,(H2,15,20). The molecule has 1 aliphatic rings. The van der Waals surface area contributed by atoms with Crippen LogP contribution in [0.25, 0.3) is 4.96 Å². The van der Waals surface area contributed by atoms with Crippen LogP contribution in [-0.4, -0.2) is 38.5 Å². The molecule has 0 aromatic carbocycles. The first kappa shape index (κ1) is 14.5. The maximum atomic E-state index is 11.1. The number of carbonyl (C=O) groups excluding carboxylic acids is 1. The summed E-state index contributed by atoms with van der Waals surface area (Å²) >= 11 is 1.62. The van der Waals surface area contributed by atoms with Gasteiger partial charge < -0.3 is 5.73 Å². The van der Waals surface area contributed by atoms with Crippen LogP contribution in [0.5, 0.6) is 0 Å². The maximum Gasteiger partial charge on any atom is 0.217 e. The van der Waals surface area contributed by atoms with E-state index in [-0.39, 0.29) is 5.91 Å². The lowest BCUT2D eigenvalue weighted by Gasteiger charge is -2.32. The van der Waals surface area contributed by atoms with Gasteiger partial charge in [-0.15, -0.1) is 0 Å². The molecule has 7 heteroatoms. The van der Waals surface area contributed by atoms with E-state index in [9.17, 15) is 4.79 Å². The molecule has 6 nitrogen and oxygen atoms in total. The third kappa shape index (κ3) is 3.08. The van der Waals surface area contributed by atoms with Crippen molar-refractivity contribution < 1.29 is 4.79 Å². The van der Waals surface area contributed by atoms with Crippen molar-refractivity contribution >= 4 is 22.2 Å². The average molecular weight is 307 g/mol. The summed E-state index contributed by atoms with van der Waals surface area (Å²) in [5.41, 5.74) is 7.53. The molecule has 1 atom stereocenters. The number of piperidine rings is 1. The maximum absolute atomic E-state index is 11.1. The fraction of sp³-hybridized carbons (Fsp3) is 0.643. The number of hydrogen-bond donors (Lipinski definition) is 1. The predicted octanol–water partition coefficient (Wildman–Crippen LogP) is 1.50. The Balaban J connectivity index is 1.75. The SMILES string of the molecule is Cc1nn2c(CN3CCCC(CC(N)=O)C3)c(C)nc2s1. The van der Waals surface area contributed by atoms with Crippen molar-refractivity contribution in [2.24, 2.45) is 11.7 Å². The topological polar surface area (TPSA) is 76.5 Å². The summed E-state index contributed by atoms with van der Waals surface area (Å²) < 4.78 is 1.97. The Morgan fingerprint density at radius 3 is 3.05 bits per heavy atom. The molecule has 2 N–H and O–H groups in total. The Kier molecular flexibility index (Phi) is 3.95. The van der Waals surface area contributed by atoms with Crippen LogP contribution in [0.3, 0.4) is 0 Å². The van der Waals surface area contributed by atoms with E-state index in [4.69, 9.17) is 5.73 Å². The van der Waals surface area contributed by atoms with Crippen molar-refractivity contribution in [1.29, 1.82) is 0 Å². The Bertz CT molecular complexity index is 662. The first-order valence-electron chi connectivity index (χ1n) is 7.35.